The minimum Gasteiger partial charge on any atom is -0.319 e. The average molecular weight is 443 g/mol. The van der Waals surface area contributed by atoms with Crippen LogP contribution in [0.4, 0.5) is 0 Å². The molecule has 0 unspecified atom stereocenters. The molecule has 3 rings (SSSR count). The van der Waals surface area contributed by atoms with Gasteiger partial charge in [0, 0.05) is 23.5 Å². The van der Waals surface area contributed by atoms with Crippen LogP contribution in [0, 0.1) is 6.92 Å². The molecule has 1 amide bonds. The first-order valence-corrected chi connectivity index (χ1v) is 11.2. The van der Waals surface area contributed by atoms with Gasteiger partial charge in [-0.3, -0.25) is 4.79 Å². The summed E-state index contributed by atoms with van der Waals surface area (Å²) in [4.78, 5) is 17.0. The van der Waals surface area contributed by atoms with E-state index in [9.17, 15) is 13.2 Å². The number of rotatable bonds is 4. The minimum atomic E-state index is -3.57. The Morgan fingerprint density at radius 2 is 1.81 bits per heavy atom. The highest BCUT2D eigenvalue weighted by Crippen LogP contribution is 2.26. The molecule has 2 aromatic carbocycles. The maximum Gasteiger partial charge on any atom is 0.249 e. The number of halogens is 2. The quantitative estimate of drug-likeness (QED) is 0.609. The van der Waals surface area contributed by atoms with Crippen LogP contribution >= 0.6 is 34.5 Å². The average Bonchev–Trinajstić information content (AvgIpc) is 2.93. The summed E-state index contributed by atoms with van der Waals surface area (Å²) in [6.45, 7) is 1.90. The lowest BCUT2D eigenvalue weighted by atomic mass is 10.2. The molecule has 0 aliphatic rings. The van der Waals surface area contributed by atoms with Gasteiger partial charge >= 0.3 is 0 Å². The number of nitrogens with zero attached hydrogens (tertiary/aromatic N) is 2. The van der Waals surface area contributed by atoms with Crippen LogP contribution < -0.4 is 4.80 Å². The van der Waals surface area contributed by atoms with Crippen molar-refractivity contribution in [2.75, 3.05) is 5.75 Å². The van der Waals surface area contributed by atoms with E-state index in [2.05, 4.69) is 4.99 Å². The molecule has 0 N–H and O–H groups in total. The number of hydrogen-bond donors (Lipinski definition) is 0. The second-order valence-corrected chi connectivity index (χ2v) is 9.95. The third-order valence-corrected chi connectivity index (χ3v) is 7.62. The van der Waals surface area contributed by atoms with E-state index in [1.165, 1.54) is 35.6 Å². The standard InChI is InChI=1S/C18H16Cl2N2O3S2/c1-11-14(20)7-8-15-17(11)22(2)18(26-15)21-16(23)9-10-27(24,25)13-5-3-12(19)4-6-13/h3-8H,9-10H2,1-2H3. The largest absolute Gasteiger partial charge is 0.319 e. The van der Waals surface area contributed by atoms with Crippen LogP contribution in [0.3, 0.4) is 0 Å². The van der Waals surface area contributed by atoms with Gasteiger partial charge in [0.05, 0.1) is 20.9 Å². The number of aryl methyl sites for hydroxylation is 2. The first-order chi connectivity index (χ1) is 12.7. The number of amides is 1. The van der Waals surface area contributed by atoms with Gasteiger partial charge in [-0.1, -0.05) is 34.5 Å². The Balaban J connectivity index is 1.83. The third kappa shape index (κ3) is 4.27. The Morgan fingerprint density at radius 3 is 2.48 bits per heavy atom. The molecular formula is C18H16Cl2N2O3S2. The van der Waals surface area contributed by atoms with Crippen molar-refractivity contribution in [1.82, 2.24) is 4.57 Å². The van der Waals surface area contributed by atoms with E-state index >= 15 is 0 Å². The molecule has 0 fully saturated rings. The third-order valence-electron chi connectivity index (χ3n) is 4.13. The second kappa shape index (κ2) is 7.75. The zero-order chi connectivity index (χ0) is 19.8. The summed E-state index contributed by atoms with van der Waals surface area (Å²) in [5, 5.41) is 1.09. The predicted molar refractivity (Wildman–Crippen MR) is 109 cm³/mol. The summed E-state index contributed by atoms with van der Waals surface area (Å²) < 4.78 is 27.4. The smallest absolute Gasteiger partial charge is 0.249 e. The van der Waals surface area contributed by atoms with E-state index in [4.69, 9.17) is 23.2 Å². The highest BCUT2D eigenvalue weighted by Gasteiger charge is 2.17. The van der Waals surface area contributed by atoms with Gasteiger partial charge in [0.2, 0.25) is 5.91 Å². The van der Waals surface area contributed by atoms with Crippen LogP contribution in [0.25, 0.3) is 10.2 Å². The Kier molecular flexibility index (Phi) is 5.76. The molecule has 0 aliphatic carbocycles. The lowest BCUT2D eigenvalue weighted by molar-refractivity contribution is -0.117. The van der Waals surface area contributed by atoms with E-state index in [-0.39, 0.29) is 17.1 Å². The van der Waals surface area contributed by atoms with Gasteiger partial charge in [0.15, 0.2) is 14.6 Å². The van der Waals surface area contributed by atoms with Crippen LogP contribution in [0.5, 0.6) is 0 Å². The van der Waals surface area contributed by atoms with Crippen molar-refractivity contribution in [2.24, 2.45) is 12.0 Å². The zero-order valence-corrected chi connectivity index (χ0v) is 17.7. The van der Waals surface area contributed by atoms with Gasteiger partial charge in [0.25, 0.3) is 0 Å². The maximum atomic E-state index is 12.3. The van der Waals surface area contributed by atoms with Crippen molar-refractivity contribution in [3.63, 3.8) is 0 Å². The Labute approximate surface area is 170 Å². The van der Waals surface area contributed by atoms with Crippen LogP contribution in [0.15, 0.2) is 46.3 Å². The van der Waals surface area contributed by atoms with E-state index in [0.717, 1.165) is 15.8 Å². The fraction of sp³-hybridized carbons (Fsp3) is 0.222. The molecule has 5 nitrogen and oxygen atoms in total. The van der Waals surface area contributed by atoms with Crippen LogP contribution in [-0.4, -0.2) is 24.6 Å². The number of benzene rings is 2. The van der Waals surface area contributed by atoms with Gasteiger partial charge in [-0.25, -0.2) is 8.42 Å². The number of fused-ring (bicyclic) bond motifs is 1. The first kappa shape index (κ1) is 20.1. The summed E-state index contributed by atoms with van der Waals surface area (Å²) in [7, 11) is -1.77. The van der Waals surface area contributed by atoms with E-state index < -0.39 is 15.7 Å². The van der Waals surface area contributed by atoms with Crippen molar-refractivity contribution in [2.45, 2.75) is 18.2 Å². The molecule has 0 spiro atoms. The Morgan fingerprint density at radius 1 is 1.15 bits per heavy atom. The fourth-order valence-electron chi connectivity index (χ4n) is 2.65. The highest BCUT2D eigenvalue weighted by atomic mass is 35.5. The number of hydrogen-bond acceptors (Lipinski definition) is 4. The van der Waals surface area contributed by atoms with Crippen molar-refractivity contribution >= 4 is 60.5 Å². The van der Waals surface area contributed by atoms with Crippen LogP contribution in [0.2, 0.25) is 10.0 Å². The van der Waals surface area contributed by atoms with Crippen LogP contribution in [0.1, 0.15) is 12.0 Å². The first-order valence-electron chi connectivity index (χ1n) is 7.99. The summed E-state index contributed by atoms with van der Waals surface area (Å²) in [5.41, 5.74) is 1.82. The Bertz CT molecular complexity index is 1190. The number of sulfone groups is 1. The number of carbonyl (C=O) groups is 1. The van der Waals surface area contributed by atoms with Crippen LogP contribution in [-0.2, 0) is 21.7 Å². The number of aromatic nitrogens is 1. The van der Waals surface area contributed by atoms with Crippen molar-refractivity contribution in [3.05, 3.63) is 56.8 Å². The monoisotopic (exact) mass is 442 g/mol. The summed E-state index contributed by atoms with van der Waals surface area (Å²) in [6, 6.07) is 9.55. The number of carbonyl (C=O) groups excluding carboxylic acids is 1. The molecule has 1 heterocycles. The predicted octanol–water partition coefficient (Wildman–Crippen LogP) is 4.15. The lowest BCUT2D eigenvalue weighted by Gasteiger charge is -2.03. The highest BCUT2D eigenvalue weighted by molar-refractivity contribution is 7.91. The molecule has 1 aromatic heterocycles. The van der Waals surface area contributed by atoms with E-state index in [0.29, 0.717) is 14.8 Å². The second-order valence-electron chi connectivity index (χ2n) is 5.99. The summed E-state index contributed by atoms with van der Waals surface area (Å²) in [6.07, 6.45) is -0.195. The summed E-state index contributed by atoms with van der Waals surface area (Å²) in [5.74, 6) is -0.797. The Hall–Kier alpha value is -1.67. The molecule has 9 heteroatoms. The maximum absolute atomic E-state index is 12.3. The number of thiazole rings is 1. The molecule has 3 aromatic rings. The molecule has 142 valence electrons. The van der Waals surface area contributed by atoms with Gasteiger partial charge in [-0.2, -0.15) is 4.99 Å². The normalized spacial score (nSPS) is 12.7. The van der Waals surface area contributed by atoms with Gasteiger partial charge in [0.1, 0.15) is 0 Å². The molecule has 0 atom stereocenters. The van der Waals surface area contributed by atoms with Crippen molar-refractivity contribution in [1.29, 1.82) is 0 Å². The zero-order valence-electron chi connectivity index (χ0n) is 14.6. The molecular weight excluding hydrogens is 427 g/mol. The molecule has 0 saturated heterocycles. The molecule has 0 saturated carbocycles. The fourth-order valence-corrected chi connectivity index (χ4v) is 5.26. The molecule has 27 heavy (non-hydrogen) atoms. The van der Waals surface area contributed by atoms with Gasteiger partial charge in [-0.05, 0) is 48.9 Å². The van der Waals surface area contributed by atoms with Crippen molar-refractivity contribution < 1.29 is 13.2 Å². The van der Waals surface area contributed by atoms with Crippen molar-refractivity contribution in [3.8, 4) is 0 Å². The van der Waals surface area contributed by atoms with E-state index in [1.54, 1.807) is 17.7 Å². The molecule has 0 radical (unpaired) electrons. The topological polar surface area (TPSA) is 68.5 Å². The molecule has 0 aliphatic heterocycles. The summed E-state index contributed by atoms with van der Waals surface area (Å²) >= 11 is 13.3. The SMILES string of the molecule is Cc1c(Cl)ccc2sc(=NC(=O)CCS(=O)(=O)c3ccc(Cl)cc3)n(C)c12. The molecule has 0 bridgehead atoms. The van der Waals surface area contributed by atoms with Gasteiger partial charge < -0.3 is 4.57 Å². The van der Waals surface area contributed by atoms with Gasteiger partial charge in [-0.15, -0.1) is 0 Å². The lowest BCUT2D eigenvalue weighted by Crippen LogP contribution is -2.16. The minimum absolute atomic E-state index is 0.136. The van der Waals surface area contributed by atoms with E-state index in [1.807, 2.05) is 13.0 Å².